The Labute approximate surface area is 95.0 Å². The minimum Gasteiger partial charge on any atom is -0.489 e. The molecule has 16 heavy (non-hydrogen) atoms. The van der Waals surface area contributed by atoms with Gasteiger partial charge in [0.15, 0.2) is 5.75 Å². The second-order valence-corrected chi connectivity index (χ2v) is 3.72. The van der Waals surface area contributed by atoms with Gasteiger partial charge in [-0.05, 0) is 19.9 Å². The Bertz CT molecular complexity index is 387. The summed E-state index contributed by atoms with van der Waals surface area (Å²) < 4.78 is 55.3. The number of hydrogen-bond donors (Lipinski definition) is 0. The zero-order valence-corrected chi connectivity index (χ0v) is 9.21. The van der Waals surface area contributed by atoms with Gasteiger partial charge in [0, 0.05) is 6.07 Å². The maximum Gasteiger partial charge on any atom is 0.420 e. The summed E-state index contributed by atoms with van der Waals surface area (Å²) in [6.07, 6.45) is -5.22. The zero-order chi connectivity index (χ0) is 12.5. The van der Waals surface area contributed by atoms with Crippen molar-refractivity contribution in [3.05, 3.63) is 28.5 Å². The summed E-state index contributed by atoms with van der Waals surface area (Å²) in [5.41, 5.74) is -1.23. The summed E-state index contributed by atoms with van der Waals surface area (Å²) >= 11 is 5.46. The molecule has 0 amide bonds. The number of ether oxygens (including phenoxy) is 1. The number of halogens is 5. The third-order valence-electron chi connectivity index (χ3n) is 1.60. The van der Waals surface area contributed by atoms with Crippen molar-refractivity contribution in [2.75, 3.05) is 0 Å². The number of rotatable bonds is 2. The Kier molecular flexibility index (Phi) is 3.68. The van der Waals surface area contributed by atoms with E-state index < -0.39 is 34.4 Å². The van der Waals surface area contributed by atoms with Crippen molar-refractivity contribution in [3.63, 3.8) is 0 Å². The molecule has 0 atom stereocenters. The van der Waals surface area contributed by atoms with Gasteiger partial charge < -0.3 is 4.74 Å². The molecule has 0 aromatic heterocycles. The number of benzene rings is 1. The fraction of sp³-hybridized carbons (Fsp3) is 0.400. The highest BCUT2D eigenvalue weighted by atomic mass is 35.5. The second kappa shape index (κ2) is 4.49. The van der Waals surface area contributed by atoms with Crippen LogP contribution in [0.1, 0.15) is 19.4 Å². The molecule has 1 radical (unpaired) electrons. The average molecular weight is 256 g/mol. The summed E-state index contributed by atoms with van der Waals surface area (Å²) in [6.45, 7) is 3.08. The lowest BCUT2D eigenvalue weighted by Gasteiger charge is -2.17. The van der Waals surface area contributed by atoms with Crippen LogP contribution < -0.4 is 4.74 Å². The van der Waals surface area contributed by atoms with Crippen LogP contribution in [0.2, 0.25) is 5.02 Å². The van der Waals surface area contributed by atoms with Crippen LogP contribution in [0, 0.1) is 11.9 Å². The highest BCUT2D eigenvalue weighted by Gasteiger charge is 2.36. The summed E-state index contributed by atoms with van der Waals surface area (Å²) in [5, 5.41) is -0.513. The van der Waals surface area contributed by atoms with Gasteiger partial charge in [0.2, 0.25) is 0 Å². The summed E-state index contributed by atoms with van der Waals surface area (Å²) in [4.78, 5) is 0. The van der Waals surface area contributed by atoms with E-state index in [0.29, 0.717) is 6.07 Å². The van der Waals surface area contributed by atoms with Crippen LogP contribution in [0.15, 0.2) is 6.07 Å². The van der Waals surface area contributed by atoms with E-state index in [1.165, 1.54) is 0 Å². The first-order valence-electron chi connectivity index (χ1n) is 4.37. The van der Waals surface area contributed by atoms with Crippen LogP contribution >= 0.6 is 11.6 Å². The third-order valence-corrected chi connectivity index (χ3v) is 1.87. The molecular weight excluding hydrogens is 248 g/mol. The maximum absolute atomic E-state index is 12.8. The Morgan fingerprint density at radius 1 is 1.38 bits per heavy atom. The molecule has 1 aromatic rings. The van der Waals surface area contributed by atoms with E-state index in [1.807, 2.05) is 6.07 Å². The van der Waals surface area contributed by atoms with Crippen molar-refractivity contribution >= 4 is 11.6 Å². The van der Waals surface area contributed by atoms with Gasteiger partial charge in [-0.25, -0.2) is 4.39 Å². The summed E-state index contributed by atoms with van der Waals surface area (Å²) in [5.74, 6) is -1.76. The molecule has 0 aliphatic carbocycles. The van der Waals surface area contributed by atoms with E-state index >= 15 is 0 Å². The Morgan fingerprint density at radius 2 is 1.94 bits per heavy atom. The lowest BCUT2D eigenvalue weighted by atomic mass is 10.2. The zero-order valence-electron chi connectivity index (χ0n) is 8.45. The molecule has 0 saturated heterocycles. The van der Waals surface area contributed by atoms with Gasteiger partial charge in [0.1, 0.15) is 11.4 Å². The molecule has 0 aliphatic heterocycles. The first kappa shape index (κ1) is 13.1. The van der Waals surface area contributed by atoms with Gasteiger partial charge in [-0.15, -0.1) is 0 Å². The van der Waals surface area contributed by atoms with E-state index in [1.54, 1.807) is 13.8 Å². The molecular formula is C10H8ClF4O. The lowest BCUT2D eigenvalue weighted by Crippen LogP contribution is -2.13. The predicted octanol–water partition coefficient (Wildman–Crippen LogP) is 4.09. The third kappa shape index (κ3) is 3.01. The Balaban J connectivity index is 3.33. The molecule has 6 heteroatoms. The molecule has 1 aromatic carbocycles. The predicted molar refractivity (Wildman–Crippen MR) is 51.0 cm³/mol. The van der Waals surface area contributed by atoms with Crippen LogP contribution in [0.4, 0.5) is 17.6 Å². The van der Waals surface area contributed by atoms with Crippen LogP contribution in [0.3, 0.4) is 0 Å². The van der Waals surface area contributed by atoms with Crippen molar-refractivity contribution in [2.24, 2.45) is 0 Å². The first-order valence-corrected chi connectivity index (χ1v) is 4.74. The fourth-order valence-electron chi connectivity index (χ4n) is 1.07. The summed E-state index contributed by atoms with van der Waals surface area (Å²) in [7, 11) is 0. The standard InChI is InChI=1S/C10H8ClF4O/c1-5(2)16-9-7(10(13,14)15)3-6(12)4-8(9)11/h3,5H,1-2H3. The molecule has 0 fully saturated rings. The average Bonchev–Trinajstić information content (AvgIpc) is 2.06. The van der Waals surface area contributed by atoms with Gasteiger partial charge in [-0.3, -0.25) is 0 Å². The highest BCUT2D eigenvalue weighted by Crippen LogP contribution is 2.41. The SMILES string of the molecule is CC(C)Oc1c(Cl)[c]c(F)cc1C(F)(F)F. The van der Waals surface area contributed by atoms with Crippen molar-refractivity contribution in [1.29, 1.82) is 0 Å². The molecule has 0 bridgehead atoms. The molecule has 0 N–H and O–H groups in total. The minimum atomic E-state index is -4.72. The van der Waals surface area contributed by atoms with Crippen molar-refractivity contribution in [2.45, 2.75) is 26.1 Å². The van der Waals surface area contributed by atoms with Gasteiger partial charge in [-0.2, -0.15) is 13.2 Å². The van der Waals surface area contributed by atoms with Crippen molar-refractivity contribution in [1.82, 2.24) is 0 Å². The van der Waals surface area contributed by atoms with Gasteiger partial charge in [0.05, 0.1) is 11.1 Å². The van der Waals surface area contributed by atoms with E-state index in [4.69, 9.17) is 16.3 Å². The lowest BCUT2D eigenvalue weighted by molar-refractivity contribution is -0.139. The van der Waals surface area contributed by atoms with E-state index in [9.17, 15) is 17.6 Å². The number of alkyl halides is 3. The normalized spacial score (nSPS) is 12.0. The van der Waals surface area contributed by atoms with Gasteiger partial charge >= 0.3 is 6.18 Å². The minimum absolute atomic E-state index is 0.309. The summed E-state index contributed by atoms with van der Waals surface area (Å²) in [6, 6.07) is 2.24. The van der Waals surface area contributed by atoms with Crippen LogP contribution in [-0.2, 0) is 6.18 Å². The Hall–Kier alpha value is -0.970. The first-order chi connectivity index (χ1) is 7.21. The molecule has 0 aliphatic rings. The molecule has 1 nitrogen and oxygen atoms in total. The molecule has 1 rings (SSSR count). The largest absolute Gasteiger partial charge is 0.489 e. The highest BCUT2D eigenvalue weighted by molar-refractivity contribution is 6.32. The fourth-order valence-corrected chi connectivity index (χ4v) is 1.31. The topological polar surface area (TPSA) is 9.23 Å². The monoisotopic (exact) mass is 255 g/mol. The van der Waals surface area contributed by atoms with E-state index in [-0.39, 0.29) is 0 Å². The number of hydrogen-bond acceptors (Lipinski definition) is 1. The molecule has 0 heterocycles. The van der Waals surface area contributed by atoms with E-state index in [2.05, 4.69) is 0 Å². The van der Waals surface area contributed by atoms with Gasteiger partial charge in [0.25, 0.3) is 0 Å². The Morgan fingerprint density at radius 3 is 2.38 bits per heavy atom. The molecule has 0 unspecified atom stereocenters. The van der Waals surface area contributed by atoms with Crippen LogP contribution in [-0.4, -0.2) is 6.10 Å². The van der Waals surface area contributed by atoms with Gasteiger partial charge in [-0.1, -0.05) is 11.6 Å². The van der Waals surface area contributed by atoms with Crippen LogP contribution in [0.25, 0.3) is 0 Å². The second-order valence-electron chi connectivity index (χ2n) is 3.34. The molecule has 89 valence electrons. The van der Waals surface area contributed by atoms with Crippen LogP contribution in [0.5, 0.6) is 5.75 Å². The van der Waals surface area contributed by atoms with Crippen molar-refractivity contribution in [3.8, 4) is 5.75 Å². The molecule has 0 saturated carbocycles. The van der Waals surface area contributed by atoms with E-state index in [0.717, 1.165) is 0 Å². The quantitative estimate of drug-likeness (QED) is 0.724. The maximum atomic E-state index is 12.8. The van der Waals surface area contributed by atoms with Crippen molar-refractivity contribution < 1.29 is 22.3 Å². The smallest absolute Gasteiger partial charge is 0.420 e. The molecule has 0 spiro atoms.